The van der Waals surface area contributed by atoms with Crippen LogP contribution < -0.4 is 0 Å². The maximum atomic E-state index is 4.62. The molecule has 162 valence electrons. The van der Waals surface area contributed by atoms with Crippen LogP contribution in [0.2, 0.25) is 0 Å². The summed E-state index contributed by atoms with van der Waals surface area (Å²) >= 11 is 0. The number of aromatic amines is 2. The van der Waals surface area contributed by atoms with Crippen molar-refractivity contribution in [3.8, 4) is 0 Å². The summed E-state index contributed by atoms with van der Waals surface area (Å²) < 4.78 is 0. The van der Waals surface area contributed by atoms with Crippen LogP contribution >= 0.6 is 0 Å². The first-order valence-electron chi connectivity index (χ1n) is 11.1. The van der Waals surface area contributed by atoms with E-state index in [0.29, 0.717) is 0 Å². The second-order valence-corrected chi connectivity index (χ2v) is 8.57. The summed E-state index contributed by atoms with van der Waals surface area (Å²) in [6, 6.07) is 23.0. The van der Waals surface area contributed by atoms with E-state index in [0.717, 1.165) is 44.8 Å². The number of H-pyrrole nitrogens is 2. The predicted molar refractivity (Wildman–Crippen MR) is 140 cm³/mol. The minimum Gasteiger partial charge on any atom is -0.355 e. The Balaban J connectivity index is 0.000000215. The Labute approximate surface area is 193 Å². The molecule has 0 amide bonds. The van der Waals surface area contributed by atoms with E-state index in [1.165, 1.54) is 16.7 Å². The third-order valence-electron chi connectivity index (χ3n) is 5.41. The van der Waals surface area contributed by atoms with Gasteiger partial charge in [-0.2, -0.15) is 0 Å². The molecule has 4 aromatic rings. The maximum Gasteiger partial charge on any atom is 0.0659 e. The second-order valence-electron chi connectivity index (χ2n) is 8.57. The third kappa shape index (κ3) is 5.18. The third-order valence-corrected chi connectivity index (χ3v) is 5.41. The van der Waals surface area contributed by atoms with Crippen molar-refractivity contribution >= 4 is 46.4 Å². The molecule has 4 nitrogen and oxygen atoms in total. The van der Waals surface area contributed by atoms with Crippen molar-refractivity contribution < 1.29 is 0 Å². The van der Waals surface area contributed by atoms with Gasteiger partial charge in [0.05, 0.1) is 22.8 Å². The first-order valence-corrected chi connectivity index (χ1v) is 11.1. The molecular formula is C29H26N4. The highest BCUT2D eigenvalue weighted by Crippen LogP contribution is 2.17. The molecule has 0 aliphatic carbocycles. The van der Waals surface area contributed by atoms with Gasteiger partial charge in [0, 0.05) is 22.1 Å². The van der Waals surface area contributed by atoms with E-state index < -0.39 is 0 Å². The first-order chi connectivity index (χ1) is 16.0. The summed E-state index contributed by atoms with van der Waals surface area (Å²) in [5, 5.41) is 0. The Morgan fingerprint density at radius 3 is 1.15 bits per heavy atom. The van der Waals surface area contributed by atoms with Crippen LogP contribution in [0.4, 0.5) is 0 Å². The molecule has 0 spiro atoms. The summed E-state index contributed by atoms with van der Waals surface area (Å²) in [5.74, 6) is 0. The monoisotopic (exact) mass is 430 g/mol. The van der Waals surface area contributed by atoms with Gasteiger partial charge in [0.25, 0.3) is 0 Å². The Morgan fingerprint density at radius 1 is 0.424 bits per heavy atom. The van der Waals surface area contributed by atoms with Crippen LogP contribution in [-0.4, -0.2) is 19.9 Å². The Kier molecular flexibility index (Phi) is 5.49. The quantitative estimate of drug-likeness (QED) is 0.266. The number of fused-ring (bicyclic) bond motifs is 8. The lowest BCUT2D eigenvalue weighted by molar-refractivity contribution is 1.28. The normalized spacial score (nSPS) is 11.8. The van der Waals surface area contributed by atoms with Crippen molar-refractivity contribution in [3.63, 3.8) is 0 Å². The number of rotatable bonds is 0. The molecule has 8 bridgehead atoms. The van der Waals surface area contributed by atoms with Crippen LogP contribution in [0.1, 0.15) is 39.5 Å². The van der Waals surface area contributed by atoms with Gasteiger partial charge in [-0.25, -0.2) is 9.97 Å². The van der Waals surface area contributed by atoms with Crippen molar-refractivity contribution in [2.24, 2.45) is 0 Å². The zero-order valence-corrected chi connectivity index (χ0v) is 19.1. The van der Waals surface area contributed by atoms with Crippen LogP contribution in [0.15, 0.2) is 66.7 Å². The van der Waals surface area contributed by atoms with Crippen molar-refractivity contribution in [2.45, 2.75) is 20.8 Å². The molecular weight excluding hydrogens is 404 g/mol. The molecule has 2 aliphatic heterocycles. The van der Waals surface area contributed by atoms with Crippen LogP contribution in [0.25, 0.3) is 46.4 Å². The fraction of sp³-hybridized carbons (Fsp3) is 0.103. The molecule has 2 N–H and O–H groups in total. The molecule has 0 fully saturated rings. The molecule has 33 heavy (non-hydrogen) atoms. The fourth-order valence-corrected chi connectivity index (χ4v) is 4.15. The molecule has 6 rings (SSSR count). The fourth-order valence-electron chi connectivity index (χ4n) is 4.15. The second kappa shape index (κ2) is 8.75. The van der Waals surface area contributed by atoms with Gasteiger partial charge in [-0.1, -0.05) is 34.9 Å². The molecule has 1 aromatic carbocycles. The van der Waals surface area contributed by atoms with Gasteiger partial charge >= 0.3 is 0 Å². The average molecular weight is 431 g/mol. The van der Waals surface area contributed by atoms with Gasteiger partial charge in [0.1, 0.15) is 0 Å². The largest absolute Gasteiger partial charge is 0.355 e. The highest BCUT2D eigenvalue weighted by Gasteiger charge is 2.02. The minimum atomic E-state index is 0.915. The Bertz CT molecular complexity index is 1410. The van der Waals surface area contributed by atoms with E-state index in [9.17, 15) is 0 Å². The lowest BCUT2D eigenvalue weighted by Crippen LogP contribution is -1.78. The van der Waals surface area contributed by atoms with E-state index in [4.69, 9.17) is 0 Å². The van der Waals surface area contributed by atoms with Crippen LogP contribution in [0.3, 0.4) is 0 Å². The summed E-state index contributed by atoms with van der Waals surface area (Å²) in [6.45, 7) is 6.38. The van der Waals surface area contributed by atoms with Gasteiger partial charge in [-0.3, -0.25) is 0 Å². The van der Waals surface area contributed by atoms with Gasteiger partial charge in [0.2, 0.25) is 0 Å². The molecule has 0 atom stereocenters. The molecule has 0 unspecified atom stereocenters. The van der Waals surface area contributed by atoms with E-state index >= 15 is 0 Å². The van der Waals surface area contributed by atoms with Crippen molar-refractivity contribution in [3.05, 3.63) is 106 Å². The SMILES string of the molecule is C1=Cc2cc3ccc(cc4ccc(cc5nc(cc1n2)C=C5)[nH]4)[nH]3.Cc1cc(C)cc(C)c1. The Hall–Kier alpha value is -4.18. The number of nitrogens with one attached hydrogen (secondary N) is 2. The van der Waals surface area contributed by atoms with Gasteiger partial charge in [0.15, 0.2) is 0 Å². The topological polar surface area (TPSA) is 57.4 Å². The number of benzene rings is 1. The number of aryl methyl sites for hydroxylation is 3. The van der Waals surface area contributed by atoms with Crippen LogP contribution in [0.5, 0.6) is 0 Å². The average Bonchev–Trinajstić information content (AvgIpc) is 3.53. The van der Waals surface area contributed by atoms with Crippen molar-refractivity contribution in [1.29, 1.82) is 0 Å². The standard InChI is InChI=1S/C20H14N4.C9H12/c1-2-14-10-16-5-6-18(23-16)12-20-8-7-19(24-20)11-17-4-3-15(22-17)9-13(1)21-14;1-7-4-8(2)6-9(3)5-7/h1-12,21-22H;4-6H,1-3H3. The number of hydrogen-bond acceptors (Lipinski definition) is 2. The molecule has 4 heteroatoms. The van der Waals surface area contributed by atoms with Gasteiger partial charge < -0.3 is 9.97 Å². The molecule has 2 aliphatic rings. The van der Waals surface area contributed by atoms with E-state index in [1.807, 2.05) is 42.5 Å². The highest BCUT2D eigenvalue weighted by molar-refractivity contribution is 5.77. The Morgan fingerprint density at radius 2 is 0.758 bits per heavy atom. The lowest BCUT2D eigenvalue weighted by Gasteiger charge is -1.96. The summed E-state index contributed by atoms with van der Waals surface area (Å²) in [5.41, 5.74) is 11.9. The van der Waals surface area contributed by atoms with Crippen molar-refractivity contribution in [2.75, 3.05) is 0 Å². The predicted octanol–water partition coefficient (Wildman–Crippen LogP) is 7.27. The lowest BCUT2D eigenvalue weighted by atomic mass is 10.1. The van der Waals surface area contributed by atoms with E-state index in [-0.39, 0.29) is 0 Å². The van der Waals surface area contributed by atoms with Gasteiger partial charge in [-0.05, 0) is 93.6 Å². The molecule has 0 radical (unpaired) electrons. The molecule has 0 saturated heterocycles. The molecule has 0 saturated carbocycles. The molecule has 5 heterocycles. The van der Waals surface area contributed by atoms with Crippen LogP contribution in [0, 0.1) is 20.8 Å². The highest BCUT2D eigenvalue weighted by atomic mass is 14.8. The first kappa shape index (κ1) is 20.7. The van der Waals surface area contributed by atoms with E-state index in [1.54, 1.807) is 0 Å². The maximum absolute atomic E-state index is 4.62. The minimum absolute atomic E-state index is 0.915. The number of hydrogen-bond donors (Lipinski definition) is 2. The van der Waals surface area contributed by atoms with E-state index in [2.05, 4.69) is 89.2 Å². The number of nitrogens with zero attached hydrogens (tertiary/aromatic N) is 2. The zero-order valence-electron chi connectivity index (χ0n) is 19.1. The summed E-state index contributed by atoms with van der Waals surface area (Å²) in [6.07, 6.45) is 8.05. The van der Waals surface area contributed by atoms with Crippen molar-refractivity contribution in [1.82, 2.24) is 19.9 Å². The zero-order chi connectivity index (χ0) is 22.8. The molecule has 3 aromatic heterocycles. The smallest absolute Gasteiger partial charge is 0.0659 e. The summed E-state index contributed by atoms with van der Waals surface area (Å²) in [4.78, 5) is 16.0. The van der Waals surface area contributed by atoms with Gasteiger partial charge in [-0.15, -0.1) is 0 Å². The van der Waals surface area contributed by atoms with Crippen LogP contribution in [-0.2, 0) is 0 Å². The summed E-state index contributed by atoms with van der Waals surface area (Å²) in [7, 11) is 0. The number of aromatic nitrogens is 4.